The van der Waals surface area contributed by atoms with E-state index in [9.17, 15) is 14.4 Å². The summed E-state index contributed by atoms with van der Waals surface area (Å²) in [5, 5.41) is 0. The molecule has 1 aliphatic rings. The van der Waals surface area contributed by atoms with E-state index >= 15 is 0 Å². The number of ether oxygens (including phenoxy) is 7. The molecule has 1 unspecified atom stereocenters. The molecule has 0 spiro atoms. The van der Waals surface area contributed by atoms with Gasteiger partial charge in [-0.2, -0.15) is 0 Å². The molecule has 8 atom stereocenters. The van der Waals surface area contributed by atoms with Crippen molar-refractivity contribution in [1.82, 2.24) is 0 Å². The van der Waals surface area contributed by atoms with Gasteiger partial charge < -0.3 is 46.7 Å². The van der Waals surface area contributed by atoms with Crippen molar-refractivity contribution in [3.8, 4) is 0 Å². The molecule has 5 aromatic carbocycles. The summed E-state index contributed by atoms with van der Waals surface area (Å²) in [6.45, 7) is 6.59. The number of esters is 3. The lowest BCUT2D eigenvalue weighted by atomic mass is 9.83. The Bertz CT molecular complexity index is 2510. The van der Waals surface area contributed by atoms with Gasteiger partial charge in [-0.05, 0) is 47.1 Å². The highest BCUT2D eigenvalue weighted by Gasteiger charge is 2.57. The molecular formula is C72H99O13P. The minimum atomic E-state index is -2.44. The van der Waals surface area contributed by atoms with Crippen molar-refractivity contribution in [3.63, 3.8) is 0 Å². The zero-order valence-electron chi connectivity index (χ0n) is 51.7. The highest BCUT2D eigenvalue weighted by molar-refractivity contribution is 7.41. The predicted molar refractivity (Wildman–Crippen MR) is 338 cm³/mol. The monoisotopic (exact) mass is 1200 g/mol. The van der Waals surface area contributed by atoms with Crippen LogP contribution in [0, 0.1) is 0 Å². The van der Waals surface area contributed by atoms with Gasteiger partial charge in [0.15, 0.2) is 12.2 Å². The van der Waals surface area contributed by atoms with E-state index in [0.717, 1.165) is 72.8 Å². The SMILES string of the molecule is CCCCCCCCCCCCCCCC(=O)O[C@@H]1[C@H](OCc2ccccc2)[C@@H](OCc2ccccc2)[C@H](OCc2ccccc2)[C@@H](OCc2ccccc2)[C@@H]1OP(OCc1ccccc1)OC[C@@H](COC(=O)CCCCC)OC(=O)CCCCC. The van der Waals surface area contributed by atoms with Crippen LogP contribution >= 0.6 is 8.60 Å². The number of hydrogen-bond donors (Lipinski definition) is 0. The predicted octanol–water partition coefficient (Wildman–Crippen LogP) is 17.2. The molecule has 0 heterocycles. The molecule has 13 nitrogen and oxygen atoms in total. The maximum absolute atomic E-state index is 14.8. The zero-order chi connectivity index (χ0) is 60.5. The largest absolute Gasteiger partial charge is 0.462 e. The number of hydrogen-bond acceptors (Lipinski definition) is 13. The smallest absolute Gasteiger partial charge is 0.333 e. The van der Waals surface area contributed by atoms with Crippen molar-refractivity contribution in [1.29, 1.82) is 0 Å². The van der Waals surface area contributed by atoms with E-state index in [1.807, 2.05) is 152 Å². The van der Waals surface area contributed by atoms with Gasteiger partial charge in [0.1, 0.15) is 37.1 Å². The second-order valence-electron chi connectivity index (χ2n) is 22.5. The highest BCUT2D eigenvalue weighted by atomic mass is 31.2. The number of carbonyl (C=O) groups is 3. The van der Waals surface area contributed by atoms with Gasteiger partial charge in [-0.3, -0.25) is 14.4 Å². The first-order valence-electron chi connectivity index (χ1n) is 32.3. The van der Waals surface area contributed by atoms with Crippen LogP contribution in [0.5, 0.6) is 0 Å². The molecule has 470 valence electrons. The summed E-state index contributed by atoms with van der Waals surface area (Å²) in [4.78, 5) is 41.3. The molecule has 0 bridgehead atoms. The second-order valence-corrected chi connectivity index (χ2v) is 23.7. The minimum Gasteiger partial charge on any atom is -0.462 e. The molecule has 5 aromatic rings. The summed E-state index contributed by atoms with van der Waals surface area (Å²) < 4.78 is 67.9. The summed E-state index contributed by atoms with van der Waals surface area (Å²) in [7, 11) is -2.44. The third-order valence-corrected chi connectivity index (χ3v) is 16.4. The lowest BCUT2D eigenvalue weighted by Gasteiger charge is -2.49. The first-order chi connectivity index (χ1) is 42.3. The third kappa shape index (κ3) is 27.8. The highest BCUT2D eigenvalue weighted by Crippen LogP contribution is 2.47. The van der Waals surface area contributed by atoms with Crippen molar-refractivity contribution >= 4 is 26.5 Å². The summed E-state index contributed by atoms with van der Waals surface area (Å²) in [5.74, 6) is -1.24. The topological polar surface area (TPSA) is 144 Å². The summed E-state index contributed by atoms with van der Waals surface area (Å²) >= 11 is 0. The average molecular weight is 1200 g/mol. The van der Waals surface area contributed by atoms with Gasteiger partial charge in [0.05, 0.1) is 39.6 Å². The van der Waals surface area contributed by atoms with Crippen LogP contribution in [0.15, 0.2) is 152 Å². The molecule has 14 heteroatoms. The molecule has 0 saturated heterocycles. The second kappa shape index (κ2) is 43.3. The molecule has 86 heavy (non-hydrogen) atoms. The van der Waals surface area contributed by atoms with Crippen LogP contribution in [0.25, 0.3) is 0 Å². The molecule has 0 N–H and O–H groups in total. The molecule has 0 aromatic heterocycles. The zero-order valence-corrected chi connectivity index (χ0v) is 52.6. The van der Waals surface area contributed by atoms with Gasteiger partial charge in [-0.1, -0.05) is 275 Å². The van der Waals surface area contributed by atoms with E-state index in [-0.39, 0.29) is 71.5 Å². The van der Waals surface area contributed by atoms with Gasteiger partial charge in [-0.15, -0.1) is 0 Å². The summed E-state index contributed by atoms with van der Waals surface area (Å²) in [6.07, 6.45) is 13.6. The molecule has 6 rings (SSSR count). The van der Waals surface area contributed by atoms with Crippen LogP contribution in [-0.2, 0) is 94.1 Å². The Hall–Kier alpha value is -5.34. The Morgan fingerprint density at radius 2 is 0.674 bits per heavy atom. The van der Waals surface area contributed by atoms with Crippen molar-refractivity contribution in [3.05, 3.63) is 179 Å². The lowest BCUT2D eigenvalue weighted by molar-refractivity contribution is -0.274. The van der Waals surface area contributed by atoms with Crippen molar-refractivity contribution in [2.45, 2.75) is 238 Å². The molecule has 1 aliphatic carbocycles. The first kappa shape index (κ1) is 69.8. The minimum absolute atomic E-state index is 0.0663. The maximum Gasteiger partial charge on any atom is 0.333 e. The number of carbonyl (C=O) groups excluding carboxylic acids is 3. The van der Waals surface area contributed by atoms with E-state index in [0.29, 0.717) is 19.3 Å². The van der Waals surface area contributed by atoms with Gasteiger partial charge in [-0.25, -0.2) is 0 Å². The van der Waals surface area contributed by atoms with Crippen LogP contribution in [0.2, 0.25) is 0 Å². The Morgan fingerprint density at radius 1 is 0.349 bits per heavy atom. The Balaban J connectivity index is 1.38. The molecular weight excluding hydrogens is 1100 g/mol. The molecule has 1 fully saturated rings. The molecule has 0 radical (unpaired) electrons. The van der Waals surface area contributed by atoms with Crippen molar-refractivity contribution in [2.75, 3.05) is 13.2 Å². The normalized spacial score (nSPS) is 18.3. The molecule has 0 amide bonds. The lowest BCUT2D eigenvalue weighted by Crippen LogP contribution is -2.67. The van der Waals surface area contributed by atoms with Crippen LogP contribution in [0.3, 0.4) is 0 Å². The van der Waals surface area contributed by atoms with E-state index in [1.165, 1.54) is 57.8 Å². The van der Waals surface area contributed by atoms with Crippen LogP contribution in [-0.4, -0.2) is 73.8 Å². The standard InChI is InChI=1S/C72H99O13P/c1-4-7-10-11-12-13-14-15-16-17-18-19-37-50-66(75)84-71-69(79-53-60-42-31-22-32-43-60)67(77-51-58-38-27-20-28-39-58)68(78-52-59-40-29-21-30-41-59)70(80-54-61-44-33-23-34-45-61)72(71)85-86(81-55-62-46-35-24-36-47-62)82-57-63(83-65(74)49-26-9-6-3)56-76-64(73)48-25-8-5-2/h20-24,27-36,38-47,63,67-72H,4-19,25-26,37,48-57H2,1-3H3/t63-,67+,68+,69-,70-,71-,72+,86?/m1/s1. The van der Waals surface area contributed by atoms with Gasteiger partial charge in [0, 0.05) is 19.3 Å². The van der Waals surface area contributed by atoms with E-state index < -0.39 is 63.3 Å². The Morgan fingerprint density at radius 3 is 1.09 bits per heavy atom. The van der Waals surface area contributed by atoms with Crippen molar-refractivity contribution < 1.29 is 61.1 Å². The van der Waals surface area contributed by atoms with E-state index in [2.05, 4.69) is 20.8 Å². The molecule has 1 saturated carbocycles. The first-order valence-corrected chi connectivity index (χ1v) is 33.4. The Labute approximate surface area is 515 Å². The average Bonchev–Trinajstić information content (AvgIpc) is 1.06. The third-order valence-electron chi connectivity index (χ3n) is 15.3. The Kier molecular flexibility index (Phi) is 35.1. The van der Waals surface area contributed by atoms with Crippen LogP contribution in [0.4, 0.5) is 0 Å². The van der Waals surface area contributed by atoms with Gasteiger partial charge >= 0.3 is 26.5 Å². The van der Waals surface area contributed by atoms with E-state index in [1.54, 1.807) is 0 Å². The summed E-state index contributed by atoms with van der Waals surface area (Å²) in [6, 6.07) is 49.1. The van der Waals surface area contributed by atoms with Crippen LogP contribution < -0.4 is 0 Å². The fourth-order valence-corrected chi connectivity index (χ4v) is 11.6. The van der Waals surface area contributed by atoms with Crippen LogP contribution in [0.1, 0.15) is 190 Å². The fourth-order valence-electron chi connectivity index (χ4n) is 10.4. The van der Waals surface area contributed by atoms with E-state index in [4.69, 9.17) is 46.7 Å². The molecule has 0 aliphatic heterocycles. The van der Waals surface area contributed by atoms with Gasteiger partial charge in [0.2, 0.25) is 0 Å². The van der Waals surface area contributed by atoms with Gasteiger partial charge in [0.25, 0.3) is 0 Å². The number of rotatable bonds is 46. The number of unbranched alkanes of at least 4 members (excludes halogenated alkanes) is 16. The van der Waals surface area contributed by atoms with Crippen molar-refractivity contribution in [2.24, 2.45) is 0 Å². The summed E-state index contributed by atoms with van der Waals surface area (Å²) in [5.41, 5.74) is 4.47. The fraction of sp³-hybridized carbons (Fsp3) is 0.542. The number of benzene rings is 5. The quantitative estimate of drug-likeness (QED) is 0.0158. The maximum atomic E-state index is 14.8.